The van der Waals surface area contributed by atoms with Crippen LogP contribution in [-0.2, 0) is 34.4 Å². The first-order chi connectivity index (χ1) is 16.7. The van der Waals surface area contributed by atoms with Crippen molar-refractivity contribution in [2.75, 3.05) is 0 Å². The van der Waals surface area contributed by atoms with Gasteiger partial charge in [0, 0.05) is 44.7 Å². The Morgan fingerprint density at radius 2 is 1.72 bits per heavy atom. The van der Waals surface area contributed by atoms with Gasteiger partial charge in [-0.3, -0.25) is 9.48 Å². The number of benzene rings is 2. The third-order valence-corrected chi connectivity index (χ3v) is 6.86. The lowest BCUT2D eigenvalue weighted by Gasteiger charge is -2.14. The van der Waals surface area contributed by atoms with Gasteiger partial charge in [-0.15, -0.1) is 0 Å². The number of carbonyl (C=O) groups is 1. The van der Waals surface area contributed by atoms with E-state index < -0.39 is 27.9 Å². The van der Waals surface area contributed by atoms with Crippen molar-refractivity contribution in [1.82, 2.24) is 14.5 Å². The molecule has 14 heteroatoms. The predicted octanol–water partition coefficient (Wildman–Crippen LogP) is 5.68. The second-order valence-corrected chi connectivity index (χ2v) is 10.6. The number of sulfonamides is 1. The number of alkyl halides is 3. The minimum Gasteiger partial charge on any atom is -0.488 e. The normalized spacial score (nSPS) is 12.0. The zero-order valence-electron chi connectivity index (χ0n) is 18.6. The fraction of sp³-hybridized carbons (Fsp3) is 0.273. The van der Waals surface area contributed by atoms with Crippen LogP contribution >= 0.6 is 34.8 Å². The maximum Gasteiger partial charge on any atom is 0.516 e. The number of rotatable bonds is 9. The first-order valence-corrected chi connectivity index (χ1v) is 12.9. The van der Waals surface area contributed by atoms with E-state index in [1.165, 1.54) is 0 Å². The van der Waals surface area contributed by atoms with Crippen LogP contribution in [0.4, 0.5) is 13.2 Å². The predicted molar refractivity (Wildman–Crippen MR) is 130 cm³/mol. The third-order valence-electron chi connectivity index (χ3n) is 4.93. The van der Waals surface area contributed by atoms with Gasteiger partial charge in [-0.1, -0.05) is 40.9 Å². The van der Waals surface area contributed by atoms with E-state index in [2.05, 4.69) is 5.10 Å². The van der Waals surface area contributed by atoms with Crippen LogP contribution in [0.1, 0.15) is 28.9 Å². The lowest BCUT2D eigenvalue weighted by molar-refractivity contribution is -0.120. The van der Waals surface area contributed by atoms with Crippen LogP contribution in [0, 0.1) is 6.92 Å². The molecule has 1 aromatic heterocycles. The van der Waals surface area contributed by atoms with Gasteiger partial charge in [-0.05, 0) is 43.3 Å². The molecule has 0 aliphatic heterocycles. The molecule has 2 aromatic carbocycles. The molecular formula is C22H19Cl3F3N3O4S. The summed E-state index contributed by atoms with van der Waals surface area (Å²) < 4.78 is 67.9. The van der Waals surface area contributed by atoms with Crippen LogP contribution in [0.2, 0.25) is 15.1 Å². The number of aryl methyl sites for hydroxylation is 2. The quantitative estimate of drug-likeness (QED) is 0.350. The fourth-order valence-corrected chi connectivity index (χ4v) is 4.30. The van der Waals surface area contributed by atoms with E-state index in [1.54, 1.807) is 54.1 Å². The first-order valence-electron chi connectivity index (χ1n) is 10.3. The molecule has 1 N–H and O–H groups in total. The van der Waals surface area contributed by atoms with Crippen LogP contribution < -0.4 is 9.46 Å². The summed E-state index contributed by atoms with van der Waals surface area (Å²) >= 11 is 18.3. The molecule has 194 valence electrons. The molecule has 0 spiro atoms. The van der Waals surface area contributed by atoms with Gasteiger partial charge in [0.25, 0.3) is 0 Å². The maximum atomic E-state index is 12.4. The standard InChI is InChI=1S/C22H19Cl3F3N3O4S/c1-13-8-18(5-7-21(32)30-36(33,34)22(26,27)28)29-31(13)11-15-9-16(23)4-6-20(15)35-12-14-2-3-17(24)10-19(14)25/h2-4,6,8-10H,5,7,11-12H2,1H3,(H,30,32). The van der Waals surface area contributed by atoms with Gasteiger partial charge in [0.15, 0.2) is 0 Å². The van der Waals surface area contributed by atoms with Gasteiger partial charge in [0.1, 0.15) is 12.4 Å². The molecule has 0 radical (unpaired) electrons. The average molecular weight is 585 g/mol. The Kier molecular flexibility index (Phi) is 8.81. The molecule has 0 saturated heterocycles. The number of carbonyl (C=O) groups excluding carboxylic acids is 1. The average Bonchev–Trinajstić information content (AvgIpc) is 3.11. The zero-order valence-corrected chi connectivity index (χ0v) is 21.7. The topological polar surface area (TPSA) is 90.3 Å². The molecule has 3 aromatic rings. The Labute approximate surface area is 220 Å². The molecule has 0 unspecified atom stereocenters. The van der Waals surface area contributed by atoms with Crippen LogP contribution in [0.15, 0.2) is 42.5 Å². The van der Waals surface area contributed by atoms with Crippen LogP contribution in [0.3, 0.4) is 0 Å². The lowest BCUT2D eigenvalue weighted by atomic mass is 10.2. The van der Waals surface area contributed by atoms with Crippen molar-refractivity contribution in [2.45, 2.75) is 38.4 Å². The van der Waals surface area contributed by atoms with E-state index in [-0.39, 0.29) is 19.6 Å². The number of hydrogen-bond donors (Lipinski definition) is 1. The van der Waals surface area contributed by atoms with Crippen LogP contribution in [-0.4, -0.2) is 29.6 Å². The summed E-state index contributed by atoms with van der Waals surface area (Å²) in [5, 5.41) is 5.79. The SMILES string of the molecule is Cc1cc(CCC(=O)NS(=O)(=O)C(F)(F)F)nn1Cc1cc(Cl)ccc1OCc1ccc(Cl)cc1Cl. The summed E-state index contributed by atoms with van der Waals surface area (Å²) in [6.07, 6.45) is -0.569. The van der Waals surface area contributed by atoms with Gasteiger partial charge < -0.3 is 4.74 Å². The fourth-order valence-electron chi connectivity index (χ4n) is 3.13. The minimum absolute atomic E-state index is 0.0684. The number of hydrogen-bond acceptors (Lipinski definition) is 5. The second-order valence-electron chi connectivity index (χ2n) is 7.69. The van der Waals surface area contributed by atoms with E-state index in [1.807, 2.05) is 0 Å². The number of nitrogens with one attached hydrogen (secondary N) is 1. The number of aromatic nitrogens is 2. The van der Waals surface area contributed by atoms with E-state index in [9.17, 15) is 26.4 Å². The zero-order chi connectivity index (χ0) is 26.7. The molecule has 36 heavy (non-hydrogen) atoms. The first kappa shape index (κ1) is 28.1. The number of nitrogens with zero attached hydrogens (tertiary/aromatic N) is 2. The largest absolute Gasteiger partial charge is 0.516 e. The molecule has 7 nitrogen and oxygen atoms in total. The molecule has 0 fully saturated rings. The number of halogens is 6. The van der Waals surface area contributed by atoms with E-state index in [0.717, 1.165) is 10.3 Å². The van der Waals surface area contributed by atoms with Crippen molar-refractivity contribution in [3.63, 3.8) is 0 Å². The van der Waals surface area contributed by atoms with E-state index in [0.29, 0.717) is 37.8 Å². The van der Waals surface area contributed by atoms with E-state index in [4.69, 9.17) is 39.5 Å². The Morgan fingerprint density at radius 1 is 1.06 bits per heavy atom. The molecule has 1 heterocycles. The Hall–Kier alpha value is -2.47. The summed E-state index contributed by atoms with van der Waals surface area (Å²) in [5.74, 6) is -0.760. The summed E-state index contributed by atoms with van der Waals surface area (Å²) in [4.78, 5) is 11.7. The second kappa shape index (κ2) is 11.3. The highest BCUT2D eigenvalue weighted by Gasteiger charge is 2.46. The highest BCUT2D eigenvalue weighted by Crippen LogP contribution is 2.27. The molecule has 0 aliphatic rings. The minimum atomic E-state index is -5.75. The molecule has 0 aliphatic carbocycles. The molecule has 3 rings (SSSR count). The van der Waals surface area contributed by atoms with E-state index >= 15 is 0 Å². The highest BCUT2D eigenvalue weighted by atomic mass is 35.5. The van der Waals surface area contributed by atoms with Crippen molar-refractivity contribution >= 4 is 50.7 Å². The molecule has 1 amide bonds. The Balaban J connectivity index is 1.69. The maximum absolute atomic E-state index is 12.4. The van der Waals surface area contributed by atoms with Crippen molar-refractivity contribution in [3.8, 4) is 5.75 Å². The Morgan fingerprint density at radius 3 is 2.39 bits per heavy atom. The molecule has 0 atom stereocenters. The van der Waals surface area contributed by atoms with Crippen LogP contribution in [0.5, 0.6) is 5.75 Å². The summed E-state index contributed by atoms with van der Waals surface area (Å²) in [5.41, 5.74) is -3.06. The smallest absolute Gasteiger partial charge is 0.488 e. The lowest BCUT2D eigenvalue weighted by Crippen LogP contribution is -2.40. The van der Waals surface area contributed by atoms with Gasteiger partial charge in [-0.25, -0.2) is 4.72 Å². The van der Waals surface area contributed by atoms with Crippen molar-refractivity contribution in [2.24, 2.45) is 0 Å². The van der Waals surface area contributed by atoms with Crippen LogP contribution in [0.25, 0.3) is 0 Å². The van der Waals surface area contributed by atoms with Crippen molar-refractivity contribution < 1.29 is 31.1 Å². The Bertz CT molecular complexity index is 1380. The molecule has 0 bridgehead atoms. The molecular weight excluding hydrogens is 566 g/mol. The monoisotopic (exact) mass is 583 g/mol. The van der Waals surface area contributed by atoms with Crippen molar-refractivity contribution in [1.29, 1.82) is 0 Å². The number of amides is 1. The summed E-state index contributed by atoms with van der Waals surface area (Å²) in [6, 6.07) is 11.8. The van der Waals surface area contributed by atoms with Crippen molar-refractivity contribution in [3.05, 3.63) is 80.0 Å². The summed E-state index contributed by atoms with van der Waals surface area (Å²) in [6.45, 7) is 2.16. The van der Waals surface area contributed by atoms with Gasteiger partial charge in [0.05, 0.1) is 12.2 Å². The highest BCUT2D eigenvalue weighted by molar-refractivity contribution is 7.90. The molecule has 0 saturated carbocycles. The summed E-state index contributed by atoms with van der Waals surface area (Å²) in [7, 11) is -5.75. The van der Waals surface area contributed by atoms with Gasteiger partial charge in [0.2, 0.25) is 5.91 Å². The number of ether oxygens (including phenoxy) is 1. The van der Waals surface area contributed by atoms with Gasteiger partial charge in [-0.2, -0.15) is 26.7 Å². The van der Waals surface area contributed by atoms with Gasteiger partial charge >= 0.3 is 15.5 Å². The third kappa shape index (κ3) is 7.28.